The Morgan fingerprint density at radius 3 is 0.818 bits per heavy atom. The van der Waals surface area contributed by atoms with Crippen molar-refractivity contribution < 1.29 is 4.42 Å². The van der Waals surface area contributed by atoms with Gasteiger partial charge in [-0.05, 0) is 102 Å². The number of hydrogen-bond acceptors (Lipinski definition) is 1. The Morgan fingerprint density at radius 1 is 0.208 bits per heavy atom. The van der Waals surface area contributed by atoms with Gasteiger partial charge in [-0.15, -0.1) is 0 Å². The van der Waals surface area contributed by atoms with Crippen molar-refractivity contribution in [1.82, 2.24) is 9.13 Å². The molecule has 0 N–H and O–H groups in total. The van der Waals surface area contributed by atoms with Crippen LogP contribution in [0.3, 0.4) is 0 Å². The molecule has 15 aromatic rings. The van der Waals surface area contributed by atoms with Gasteiger partial charge in [-0.3, -0.25) is 0 Å². The lowest BCUT2D eigenvalue weighted by Gasteiger charge is -2.34. The van der Waals surface area contributed by atoms with Crippen molar-refractivity contribution in [3.8, 4) is 11.4 Å². The molecule has 3 heterocycles. The lowest BCUT2D eigenvalue weighted by atomic mass is 10.1. The summed E-state index contributed by atoms with van der Waals surface area (Å²) < 4.78 is 11.6. The van der Waals surface area contributed by atoms with Crippen LogP contribution in [0.4, 0.5) is 0 Å². The van der Waals surface area contributed by atoms with E-state index in [1.807, 2.05) is 0 Å². The van der Waals surface area contributed by atoms with E-state index in [-0.39, 0.29) is 0 Å². The summed E-state index contributed by atoms with van der Waals surface area (Å²) in [4.78, 5) is 0. The Hall–Kier alpha value is -9.53. The Bertz CT molecular complexity index is 4170. The molecule has 0 aliphatic heterocycles. The number of benzene rings is 12. The molecule has 0 radical (unpaired) electrons. The molecule has 0 aliphatic rings. The third kappa shape index (κ3) is 6.88. The lowest BCUT2D eigenvalue weighted by molar-refractivity contribution is 0.669. The van der Waals surface area contributed by atoms with E-state index in [2.05, 4.69) is 312 Å². The van der Waals surface area contributed by atoms with Crippen molar-refractivity contribution in [2.45, 2.75) is 0 Å². The maximum atomic E-state index is 6.70. The summed E-state index contributed by atoms with van der Waals surface area (Å²) in [6.45, 7) is 0. The van der Waals surface area contributed by atoms with Crippen LogP contribution in [0.2, 0.25) is 0 Å². The first-order chi connectivity index (χ1) is 38.2. The molecule has 0 saturated heterocycles. The van der Waals surface area contributed by atoms with Gasteiger partial charge >= 0.3 is 0 Å². The third-order valence-corrected chi connectivity index (χ3v) is 26.0. The van der Waals surface area contributed by atoms with Gasteiger partial charge in [0.2, 0.25) is 0 Å². The van der Waals surface area contributed by atoms with E-state index < -0.39 is 16.1 Å². The van der Waals surface area contributed by atoms with Gasteiger partial charge in [-0.1, -0.05) is 243 Å². The zero-order valence-electron chi connectivity index (χ0n) is 42.2. The quantitative estimate of drug-likeness (QED) is 0.0989. The molecule has 15 rings (SSSR count). The molecule has 3 aromatic heterocycles. The third-order valence-electron chi connectivity index (χ3n) is 16.4. The van der Waals surface area contributed by atoms with E-state index in [9.17, 15) is 0 Å². The first kappa shape index (κ1) is 44.9. The molecule has 362 valence electrons. The fraction of sp³-hybridized carbons (Fsp3) is 0. The van der Waals surface area contributed by atoms with E-state index >= 15 is 0 Å². The molecule has 0 spiro atoms. The molecule has 0 bridgehead atoms. The molecular weight excluding hydrogens is 965 g/mol. The van der Waals surface area contributed by atoms with Gasteiger partial charge in [0.25, 0.3) is 0 Å². The minimum absolute atomic E-state index is 0.865. The molecule has 12 aromatic carbocycles. The van der Waals surface area contributed by atoms with Gasteiger partial charge < -0.3 is 13.6 Å². The van der Waals surface area contributed by atoms with E-state index in [0.29, 0.717) is 0 Å². The predicted molar refractivity (Wildman–Crippen MR) is 330 cm³/mol. The van der Waals surface area contributed by atoms with Gasteiger partial charge in [0, 0.05) is 43.7 Å². The molecule has 0 aliphatic carbocycles. The summed E-state index contributed by atoms with van der Waals surface area (Å²) >= 11 is 0. The van der Waals surface area contributed by atoms with E-state index in [1.165, 1.54) is 85.1 Å². The van der Waals surface area contributed by atoms with E-state index in [1.54, 1.807) is 0 Å². The minimum Gasteiger partial charge on any atom is -0.456 e. The van der Waals surface area contributed by atoms with Gasteiger partial charge in [0.05, 0.1) is 22.1 Å². The van der Waals surface area contributed by atoms with Gasteiger partial charge in [0.15, 0.2) is 16.1 Å². The molecule has 0 amide bonds. The summed E-state index contributed by atoms with van der Waals surface area (Å²) in [5.74, 6) is 0. The summed E-state index contributed by atoms with van der Waals surface area (Å²) in [5.41, 5.74) is 8.59. The van der Waals surface area contributed by atoms with Crippen LogP contribution in [0, 0.1) is 0 Å². The summed E-state index contributed by atoms with van der Waals surface area (Å²) in [6.07, 6.45) is 0. The van der Waals surface area contributed by atoms with Crippen LogP contribution in [0.25, 0.3) is 76.9 Å². The maximum Gasteiger partial charge on any atom is 0.179 e. The van der Waals surface area contributed by atoms with Crippen molar-refractivity contribution in [3.05, 3.63) is 303 Å². The molecule has 77 heavy (non-hydrogen) atoms. The minimum atomic E-state index is -2.77. The Labute approximate surface area is 448 Å². The first-order valence-electron chi connectivity index (χ1n) is 26.6. The predicted octanol–water partition coefficient (Wildman–Crippen LogP) is 12.5. The van der Waals surface area contributed by atoms with Gasteiger partial charge in [0.1, 0.15) is 11.2 Å². The SMILES string of the molecule is c1ccc([Si](c2ccccc2)(c2ccccc2)c2ccc3c(c2)c2ccccc2n3-c2ccc3oc4ccc(-n5c6ccccc6c6cc([Si](c7ccccc7)(c7ccccc7)c7ccccc7)ccc65)cc4c3c2)cc1. The van der Waals surface area contributed by atoms with Crippen molar-refractivity contribution >= 4 is 123 Å². The summed E-state index contributed by atoms with van der Waals surface area (Å²) in [7, 11) is -5.54. The Balaban J connectivity index is 0.904. The Morgan fingerprint density at radius 2 is 0.494 bits per heavy atom. The highest BCUT2D eigenvalue weighted by Gasteiger charge is 2.43. The molecule has 5 heteroatoms. The molecule has 0 atom stereocenters. The fourth-order valence-corrected chi connectivity index (χ4v) is 22.7. The second kappa shape index (κ2) is 18.1. The second-order valence-corrected chi connectivity index (χ2v) is 27.9. The summed E-state index contributed by atoms with van der Waals surface area (Å²) in [5, 5.41) is 18.0. The molecule has 0 fully saturated rings. The van der Waals surface area contributed by atoms with Crippen molar-refractivity contribution in [2.24, 2.45) is 0 Å². The van der Waals surface area contributed by atoms with Crippen LogP contribution < -0.4 is 41.5 Å². The number of para-hydroxylation sites is 2. The maximum absolute atomic E-state index is 6.70. The molecule has 0 saturated carbocycles. The van der Waals surface area contributed by atoms with Crippen molar-refractivity contribution in [1.29, 1.82) is 0 Å². The normalized spacial score (nSPS) is 12.2. The average molecular weight is 1020 g/mol. The smallest absolute Gasteiger partial charge is 0.179 e. The van der Waals surface area contributed by atoms with Gasteiger partial charge in [-0.25, -0.2) is 0 Å². The number of rotatable bonds is 10. The molecule has 0 unspecified atom stereocenters. The monoisotopic (exact) mass is 1010 g/mol. The number of fused-ring (bicyclic) bond motifs is 9. The largest absolute Gasteiger partial charge is 0.456 e. The molecular formula is C72H50N2OSi2. The number of hydrogen-bond donors (Lipinski definition) is 0. The van der Waals surface area contributed by atoms with Crippen LogP contribution >= 0.6 is 0 Å². The summed E-state index contributed by atoms with van der Waals surface area (Å²) in [6, 6.07) is 113. The van der Waals surface area contributed by atoms with Crippen molar-refractivity contribution in [2.75, 3.05) is 0 Å². The van der Waals surface area contributed by atoms with E-state index in [0.717, 1.165) is 33.3 Å². The highest BCUT2D eigenvalue weighted by Crippen LogP contribution is 2.38. The van der Waals surface area contributed by atoms with Crippen molar-refractivity contribution in [3.63, 3.8) is 0 Å². The van der Waals surface area contributed by atoms with Crippen LogP contribution in [0.15, 0.2) is 308 Å². The zero-order valence-corrected chi connectivity index (χ0v) is 44.2. The highest BCUT2D eigenvalue weighted by atomic mass is 28.3. The van der Waals surface area contributed by atoms with Gasteiger partial charge in [-0.2, -0.15) is 0 Å². The fourth-order valence-electron chi connectivity index (χ4n) is 13.1. The lowest BCUT2D eigenvalue weighted by Crippen LogP contribution is -2.74. The Kier molecular flexibility index (Phi) is 10.6. The zero-order chi connectivity index (χ0) is 50.9. The standard InChI is InChI=1S/C72H50N2OSi2/c1-7-23-53(24-8-1)76(54-25-9-2-10-26-54,55-27-11-3-12-28-55)59-41-43-69-63(49-59)61-35-19-21-37-67(61)73(69)51-39-45-71-65(47-51)66-48-52(40-46-72(66)75-71)74-68-38-22-20-36-62(68)64-50-60(42-44-70(64)74)77(56-29-13-4-14-30-56,57-31-15-5-16-32-57)58-33-17-6-18-34-58/h1-50H. The number of furan rings is 1. The number of aromatic nitrogens is 2. The van der Waals surface area contributed by atoms with E-state index in [4.69, 9.17) is 4.42 Å². The first-order valence-corrected chi connectivity index (χ1v) is 30.6. The topological polar surface area (TPSA) is 23.0 Å². The number of nitrogens with zero attached hydrogens (tertiary/aromatic N) is 2. The van der Waals surface area contributed by atoms with Crippen LogP contribution in [-0.4, -0.2) is 25.3 Å². The van der Waals surface area contributed by atoms with Crippen LogP contribution in [0.1, 0.15) is 0 Å². The van der Waals surface area contributed by atoms with Crippen LogP contribution in [-0.2, 0) is 0 Å². The second-order valence-electron chi connectivity index (χ2n) is 20.3. The van der Waals surface area contributed by atoms with Crippen LogP contribution in [0.5, 0.6) is 0 Å². The average Bonchev–Trinajstić information content (AvgIpc) is 4.25. The highest BCUT2D eigenvalue weighted by molar-refractivity contribution is 7.20. The molecule has 3 nitrogen and oxygen atoms in total.